The lowest BCUT2D eigenvalue weighted by Gasteiger charge is -2.09. The van der Waals surface area contributed by atoms with Crippen LogP contribution in [-0.4, -0.2) is 44.3 Å². The van der Waals surface area contributed by atoms with Gasteiger partial charge in [0.05, 0.1) is 5.75 Å². The predicted octanol–water partition coefficient (Wildman–Crippen LogP) is -0.158. The Labute approximate surface area is 113 Å². The van der Waals surface area contributed by atoms with Gasteiger partial charge >= 0.3 is 0 Å². The molecule has 19 heavy (non-hydrogen) atoms. The van der Waals surface area contributed by atoms with Crippen LogP contribution in [0.3, 0.4) is 0 Å². The van der Waals surface area contributed by atoms with Gasteiger partial charge in [-0.05, 0) is 13.5 Å². The Bertz CT molecular complexity index is 505. The fourth-order valence-electron chi connectivity index (χ4n) is 1.32. The molecule has 0 saturated heterocycles. The van der Waals surface area contributed by atoms with Gasteiger partial charge in [0.25, 0.3) is 0 Å². The average Bonchev–Trinajstić information content (AvgIpc) is 2.35. The number of nitrogens with one attached hydrogen (secondary N) is 3. The molecule has 0 unspecified atom stereocenters. The maximum absolute atomic E-state index is 11.2. The van der Waals surface area contributed by atoms with Crippen molar-refractivity contribution in [2.24, 2.45) is 0 Å². The van der Waals surface area contributed by atoms with E-state index in [9.17, 15) is 8.42 Å². The van der Waals surface area contributed by atoms with E-state index in [0.29, 0.717) is 11.6 Å². The zero-order valence-corrected chi connectivity index (χ0v) is 11.9. The van der Waals surface area contributed by atoms with Crippen LogP contribution in [0.1, 0.15) is 13.3 Å². The fraction of sp³-hybridized carbons (Fsp3) is 0.600. The molecular formula is C10H20N6O2S. The van der Waals surface area contributed by atoms with E-state index in [1.54, 1.807) is 6.07 Å². The van der Waals surface area contributed by atoms with Crippen molar-refractivity contribution < 1.29 is 8.42 Å². The third kappa shape index (κ3) is 5.71. The van der Waals surface area contributed by atoms with E-state index in [2.05, 4.69) is 25.3 Å². The van der Waals surface area contributed by atoms with E-state index in [-0.39, 0.29) is 18.2 Å². The fourth-order valence-corrected chi connectivity index (χ4v) is 1.89. The minimum atomic E-state index is -3.23. The summed E-state index contributed by atoms with van der Waals surface area (Å²) in [5, 5.41) is 5.99. The average molecular weight is 288 g/mol. The molecule has 0 aromatic carbocycles. The van der Waals surface area contributed by atoms with Gasteiger partial charge in [0, 0.05) is 19.2 Å². The molecule has 1 aromatic rings. The van der Waals surface area contributed by atoms with Gasteiger partial charge in [0.1, 0.15) is 11.6 Å². The van der Waals surface area contributed by atoms with E-state index < -0.39 is 10.0 Å². The molecule has 1 rings (SSSR count). The minimum Gasteiger partial charge on any atom is -0.370 e. The highest BCUT2D eigenvalue weighted by Crippen LogP contribution is 2.12. The van der Waals surface area contributed by atoms with Gasteiger partial charge in [-0.1, -0.05) is 6.92 Å². The Morgan fingerprint density at radius 1 is 1.21 bits per heavy atom. The summed E-state index contributed by atoms with van der Waals surface area (Å²) in [5.74, 6) is 1.22. The Balaban J connectivity index is 2.60. The highest BCUT2D eigenvalue weighted by atomic mass is 32.2. The summed E-state index contributed by atoms with van der Waals surface area (Å²) in [6, 6.07) is 1.69. The van der Waals surface area contributed by atoms with Gasteiger partial charge < -0.3 is 16.4 Å². The molecule has 1 heterocycles. The van der Waals surface area contributed by atoms with Crippen LogP contribution in [0, 0.1) is 0 Å². The maximum Gasteiger partial charge on any atom is 0.223 e. The zero-order valence-electron chi connectivity index (χ0n) is 11.1. The predicted molar refractivity (Wildman–Crippen MR) is 76.6 cm³/mol. The Morgan fingerprint density at radius 2 is 1.79 bits per heavy atom. The summed E-state index contributed by atoms with van der Waals surface area (Å²) >= 11 is 0. The molecule has 0 amide bonds. The number of aromatic nitrogens is 2. The van der Waals surface area contributed by atoms with Gasteiger partial charge in [-0.25, -0.2) is 13.1 Å². The van der Waals surface area contributed by atoms with E-state index in [1.807, 2.05) is 6.92 Å². The Kier molecular flexibility index (Phi) is 5.77. The number of hydrogen-bond donors (Lipinski definition) is 4. The second-order valence-corrected chi connectivity index (χ2v) is 5.92. The number of sulfonamides is 1. The number of nitrogens with two attached hydrogens (primary N) is 1. The lowest BCUT2D eigenvalue weighted by atomic mass is 10.4. The third-order valence-electron chi connectivity index (χ3n) is 2.29. The third-order valence-corrected chi connectivity index (χ3v) is 3.65. The number of nitrogens with zero attached hydrogens (tertiary/aromatic N) is 2. The molecule has 0 spiro atoms. The molecule has 0 bridgehead atoms. The van der Waals surface area contributed by atoms with Gasteiger partial charge in [-0.15, -0.1) is 0 Å². The van der Waals surface area contributed by atoms with E-state index in [0.717, 1.165) is 13.0 Å². The molecule has 0 fully saturated rings. The molecule has 9 heteroatoms. The van der Waals surface area contributed by atoms with Crippen LogP contribution in [0.15, 0.2) is 6.07 Å². The highest BCUT2D eigenvalue weighted by Gasteiger charge is 2.07. The van der Waals surface area contributed by atoms with Crippen molar-refractivity contribution in [2.75, 3.05) is 42.3 Å². The van der Waals surface area contributed by atoms with Crippen LogP contribution in [0.5, 0.6) is 0 Å². The lowest BCUT2D eigenvalue weighted by molar-refractivity contribution is 0.588. The molecule has 108 valence electrons. The van der Waals surface area contributed by atoms with Gasteiger partial charge in [-0.2, -0.15) is 9.97 Å². The molecule has 0 aliphatic rings. The molecular weight excluding hydrogens is 268 g/mol. The Morgan fingerprint density at radius 3 is 2.32 bits per heavy atom. The molecule has 1 aromatic heterocycles. The lowest BCUT2D eigenvalue weighted by Crippen LogP contribution is -2.26. The van der Waals surface area contributed by atoms with E-state index >= 15 is 0 Å². The molecule has 0 aliphatic carbocycles. The second kappa shape index (κ2) is 7.10. The summed E-state index contributed by atoms with van der Waals surface area (Å²) in [6.45, 7) is 3.07. The van der Waals surface area contributed by atoms with Crippen LogP contribution in [0.4, 0.5) is 17.6 Å². The smallest absolute Gasteiger partial charge is 0.223 e. The van der Waals surface area contributed by atoms with Crippen molar-refractivity contribution in [3.63, 3.8) is 0 Å². The molecule has 0 radical (unpaired) electrons. The standard InChI is InChI=1S/C10H20N6O2S/c1-3-4-13-8-7-9(16-10(11)15-8)14-5-6-19(17,18)12-2/h7,12H,3-6H2,1-2H3,(H4,11,13,14,15,16). The first-order valence-corrected chi connectivity index (χ1v) is 7.65. The summed E-state index contributed by atoms with van der Waals surface area (Å²) in [6.07, 6.45) is 0.965. The van der Waals surface area contributed by atoms with Gasteiger partial charge in [0.2, 0.25) is 16.0 Å². The maximum atomic E-state index is 11.2. The summed E-state index contributed by atoms with van der Waals surface area (Å²) in [7, 11) is -1.85. The van der Waals surface area contributed by atoms with Crippen LogP contribution in [-0.2, 0) is 10.0 Å². The van der Waals surface area contributed by atoms with E-state index in [1.165, 1.54) is 7.05 Å². The van der Waals surface area contributed by atoms with Crippen molar-refractivity contribution in [3.05, 3.63) is 6.07 Å². The van der Waals surface area contributed by atoms with Crippen molar-refractivity contribution in [1.82, 2.24) is 14.7 Å². The number of rotatable bonds is 8. The monoisotopic (exact) mass is 288 g/mol. The minimum absolute atomic E-state index is 0.0366. The molecule has 0 saturated carbocycles. The van der Waals surface area contributed by atoms with Crippen LogP contribution in [0.25, 0.3) is 0 Å². The first-order chi connectivity index (χ1) is 8.96. The molecule has 0 atom stereocenters. The second-order valence-electron chi connectivity index (χ2n) is 3.87. The normalized spacial score (nSPS) is 11.3. The molecule has 5 N–H and O–H groups in total. The molecule has 8 nitrogen and oxygen atoms in total. The van der Waals surface area contributed by atoms with Crippen LogP contribution < -0.4 is 21.1 Å². The Hall–Kier alpha value is -1.61. The first kappa shape index (κ1) is 15.4. The van der Waals surface area contributed by atoms with Crippen LogP contribution >= 0.6 is 0 Å². The zero-order chi connectivity index (χ0) is 14.3. The van der Waals surface area contributed by atoms with Crippen molar-refractivity contribution in [3.8, 4) is 0 Å². The number of nitrogen functional groups attached to an aromatic ring is 1. The topological polar surface area (TPSA) is 122 Å². The van der Waals surface area contributed by atoms with Gasteiger partial charge in [-0.3, -0.25) is 0 Å². The summed E-state index contributed by atoms with van der Waals surface area (Å²) < 4.78 is 24.7. The first-order valence-electron chi connectivity index (χ1n) is 6.00. The largest absolute Gasteiger partial charge is 0.370 e. The van der Waals surface area contributed by atoms with Crippen LogP contribution in [0.2, 0.25) is 0 Å². The highest BCUT2D eigenvalue weighted by molar-refractivity contribution is 7.89. The van der Waals surface area contributed by atoms with Gasteiger partial charge in [0.15, 0.2) is 0 Å². The van der Waals surface area contributed by atoms with Crippen molar-refractivity contribution in [1.29, 1.82) is 0 Å². The summed E-state index contributed by atoms with van der Waals surface area (Å²) in [4.78, 5) is 8.02. The number of anilines is 3. The molecule has 0 aliphatic heterocycles. The van der Waals surface area contributed by atoms with Crippen molar-refractivity contribution in [2.45, 2.75) is 13.3 Å². The van der Waals surface area contributed by atoms with E-state index in [4.69, 9.17) is 5.73 Å². The number of hydrogen-bond acceptors (Lipinski definition) is 7. The van der Waals surface area contributed by atoms with Crippen molar-refractivity contribution >= 4 is 27.6 Å². The summed E-state index contributed by atoms with van der Waals surface area (Å²) in [5.41, 5.74) is 5.58. The SMILES string of the molecule is CCCNc1cc(NCCS(=O)(=O)NC)nc(N)n1. The quantitative estimate of drug-likeness (QED) is 0.524.